The standard InChI is InChI=1S/C10H15N5O4/c11-9-8(14-4-17)10(13-3-12-9)15-7-1-5(18)6(2-16)19-7/h3-7,16,18H,1-2H2,(H,14,17)(H3,11,12,13,15). The second-order valence-electron chi connectivity index (χ2n) is 4.04. The van der Waals surface area contributed by atoms with Crippen LogP contribution >= 0.6 is 0 Å². The third kappa shape index (κ3) is 2.89. The van der Waals surface area contributed by atoms with Crippen LogP contribution in [-0.4, -0.2) is 51.6 Å². The monoisotopic (exact) mass is 269 g/mol. The number of ether oxygens (including phenoxy) is 1. The molecule has 3 atom stereocenters. The molecule has 1 saturated heterocycles. The number of nitrogens with two attached hydrogens (primary N) is 1. The summed E-state index contributed by atoms with van der Waals surface area (Å²) in [5.41, 5.74) is 5.86. The predicted molar refractivity (Wildman–Crippen MR) is 66.1 cm³/mol. The summed E-state index contributed by atoms with van der Waals surface area (Å²) in [6, 6.07) is 0. The van der Waals surface area contributed by atoms with Gasteiger partial charge in [0.2, 0.25) is 6.41 Å². The molecule has 1 aromatic rings. The summed E-state index contributed by atoms with van der Waals surface area (Å²) < 4.78 is 5.37. The molecule has 1 fully saturated rings. The number of nitrogen functional groups attached to an aromatic ring is 1. The lowest BCUT2D eigenvalue weighted by Gasteiger charge is -2.16. The van der Waals surface area contributed by atoms with Crippen molar-refractivity contribution in [1.29, 1.82) is 0 Å². The van der Waals surface area contributed by atoms with Crippen molar-refractivity contribution in [2.75, 3.05) is 23.0 Å². The van der Waals surface area contributed by atoms with Gasteiger partial charge in [0.05, 0.1) is 12.7 Å². The molecule has 9 nitrogen and oxygen atoms in total. The third-order valence-corrected chi connectivity index (χ3v) is 2.78. The highest BCUT2D eigenvalue weighted by molar-refractivity contribution is 5.85. The molecule has 0 bridgehead atoms. The molecule has 104 valence electrons. The van der Waals surface area contributed by atoms with E-state index < -0.39 is 18.4 Å². The highest BCUT2D eigenvalue weighted by Crippen LogP contribution is 2.27. The summed E-state index contributed by atoms with van der Waals surface area (Å²) in [7, 11) is 0. The van der Waals surface area contributed by atoms with Gasteiger partial charge in [0.25, 0.3) is 0 Å². The van der Waals surface area contributed by atoms with Crippen molar-refractivity contribution in [2.24, 2.45) is 0 Å². The lowest BCUT2D eigenvalue weighted by atomic mass is 10.2. The minimum absolute atomic E-state index is 0.113. The largest absolute Gasteiger partial charge is 0.394 e. The molecule has 3 unspecified atom stereocenters. The molecule has 0 spiro atoms. The van der Waals surface area contributed by atoms with Gasteiger partial charge in [0.1, 0.15) is 24.3 Å². The molecule has 0 saturated carbocycles. The molecule has 1 aromatic heterocycles. The molecule has 0 aliphatic carbocycles. The Morgan fingerprint density at radius 2 is 2.37 bits per heavy atom. The first-order valence-electron chi connectivity index (χ1n) is 5.67. The first-order valence-corrected chi connectivity index (χ1v) is 5.67. The van der Waals surface area contributed by atoms with Crippen LogP contribution in [0.3, 0.4) is 0 Å². The highest BCUT2D eigenvalue weighted by Gasteiger charge is 2.33. The minimum atomic E-state index is -0.760. The number of aliphatic hydroxyl groups excluding tert-OH is 2. The average molecular weight is 269 g/mol. The molecule has 0 aromatic carbocycles. The van der Waals surface area contributed by atoms with E-state index >= 15 is 0 Å². The predicted octanol–water partition coefficient (Wildman–Crippen LogP) is -1.49. The van der Waals surface area contributed by atoms with Gasteiger partial charge in [-0.3, -0.25) is 4.79 Å². The number of hydrogen-bond acceptors (Lipinski definition) is 8. The Labute approximate surface area is 108 Å². The van der Waals surface area contributed by atoms with E-state index in [4.69, 9.17) is 15.6 Å². The first-order chi connectivity index (χ1) is 9.15. The van der Waals surface area contributed by atoms with E-state index in [0.717, 1.165) is 0 Å². The molecule has 1 amide bonds. The van der Waals surface area contributed by atoms with E-state index in [-0.39, 0.29) is 30.4 Å². The van der Waals surface area contributed by atoms with Crippen molar-refractivity contribution >= 4 is 23.7 Å². The van der Waals surface area contributed by atoms with Gasteiger partial charge < -0.3 is 31.3 Å². The summed E-state index contributed by atoms with van der Waals surface area (Å²) in [6.07, 6.45) is 0.0521. The molecule has 2 heterocycles. The van der Waals surface area contributed by atoms with E-state index in [0.29, 0.717) is 6.41 Å². The summed E-state index contributed by atoms with van der Waals surface area (Å²) in [4.78, 5) is 18.2. The topological polar surface area (TPSA) is 143 Å². The Morgan fingerprint density at radius 3 is 3.00 bits per heavy atom. The number of rotatable bonds is 5. The van der Waals surface area contributed by atoms with Gasteiger partial charge in [-0.05, 0) is 0 Å². The van der Waals surface area contributed by atoms with Crippen molar-refractivity contribution in [2.45, 2.75) is 24.9 Å². The molecule has 19 heavy (non-hydrogen) atoms. The van der Waals surface area contributed by atoms with Crippen LogP contribution < -0.4 is 16.4 Å². The molecular weight excluding hydrogens is 254 g/mol. The van der Waals surface area contributed by atoms with Crippen LogP contribution in [-0.2, 0) is 9.53 Å². The fourth-order valence-electron chi connectivity index (χ4n) is 1.85. The minimum Gasteiger partial charge on any atom is -0.394 e. The molecule has 9 heteroatoms. The fraction of sp³-hybridized carbons (Fsp3) is 0.500. The number of anilines is 3. The van der Waals surface area contributed by atoms with Crippen LogP contribution in [0.5, 0.6) is 0 Å². The van der Waals surface area contributed by atoms with Crippen molar-refractivity contribution in [1.82, 2.24) is 9.97 Å². The second-order valence-corrected chi connectivity index (χ2v) is 4.04. The summed E-state index contributed by atoms with van der Waals surface area (Å²) >= 11 is 0. The number of nitrogens with one attached hydrogen (secondary N) is 2. The van der Waals surface area contributed by atoms with Crippen molar-refractivity contribution in [3.8, 4) is 0 Å². The lowest BCUT2D eigenvalue weighted by molar-refractivity contribution is -0.105. The second kappa shape index (κ2) is 5.78. The van der Waals surface area contributed by atoms with E-state index in [2.05, 4.69) is 20.6 Å². The van der Waals surface area contributed by atoms with Gasteiger partial charge in [-0.1, -0.05) is 0 Å². The van der Waals surface area contributed by atoms with Crippen LogP contribution in [0.25, 0.3) is 0 Å². The van der Waals surface area contributed by atoms with E-state index in [1.807, 2.05) is 0 Å². The molecule has 2 rings (SSSR count). The van der Waals surface area contributed by atoms with Gasteiger partial charge in [-0.2, -0.15) is 0 Å². The van der Waals surface area contributed by atoms with Gasteiger partial charge in [0, 0.05) is 6.42 Å². The fourth-order valence-corrected chi connectivity index (χ4v) is 1.85. The Morgan fingerprint density at radius 1 is 1.58 bits per heavy atom. The normalized spacial score (nSPS) is 26.1. The number of aliphatic hydroxyl groups is 2. The maximum Gasteiger partial charge on any atom is 0.211 e. The van der Waals surface area contributed by atoms with Crippen LogP contribution in [0.4, 0.5) is 17.3 Å². The van der Waals surface area contributed by atoms with Gasteiger partial charge in [0.15, 0.2) is 11.6 Å². The summed E-state index contributed by atoms with van der Waals surface area (Å²) in [5, 5.41) is 23.9. The Hall–Kier alpha value is -1.97. The summed E-state index contributed by atoms with van der Waals surface area (Å²) in [5.74, 6) is 0.400. The van der Waals surface area contributed by atoms with Crippen molar-refractivity contribution in [3.63, 3.8) is 0 Å². The van der Waals surface area contributed by atoms with Crippen molar-refractivity contribution < 1.29 is 19.7 Å². The smallest absolute Gasteiger partial charge is 0.211 e. The Balaban J connectivity index is 2.11. The molecule has 6 N–H and O–H groups in total. The van der Waals surface area contributed by atoms with Gasteiger partial charge in [-0.25, -0.2) is 9.97 Å². The number of carbonyl (C=O) groups is 1. The molecule has 1 aliphatic heterocycles. The van der Waals surface area contributed by atoms with Crippen LogP contribution in [0, 0.1) is 0 Å². The number of carbonyl (C=O) groups excluding carboxylic acids is 1. The maximum atomic E-state index is 10.5. The Bertz CT molecular complexity index is 458. The average Bonchev–Trinajstić information content (AvgIpc) is 2.74. The number of nitrogens with zero attached hydrogens (tertiary/aromatic N) is 2. The lowest BCUT2D eigenvalue weighted by Crippen LogP contribution is -2.25. The van der Waals surface area contributed by atoms with Crippen LogP contribution in [0.15, 0.2) is 6.33 Å². The SMILES string of the molecule is Nc1ncnc(NC2CC(O)C(CO)O2)c1NC=O. The zero-order valence-corrected chi connectivity index (χ0v) is 9.98. The van der Waals surface area contributed by atoms with Crippen LogP contribution in [0.2, 0.25) is 0 Å². The van der Waals surface area contributed by atoms with Crippen LogP contribution in [0.1, 0.15) is 6.42 Å². The molecule has 0 radical (unpaired) electrons. The zero-order chi connectivity index (χ0) is 13.8. The van der Waals surface area contributed by atoms with Gasteiger partial charge in [-0.15, -0.1) is 0 Å². The number of hydrogen-bond donors (Lipinski definition) is 5. The number of amides is 1. The summed E-state index contributed by atoms with van der Waals surface area (Å²) in [6.45, 7) is -0.273. The van der Waals surface area contributed by atoms with Gasteiger partial charge >= 0.3 is 0 Å². The third-order valence-electron chi connectivity index (χ3n) is 2.78. The molecular formula is C10H15N5O4. The zero-order valence-electron chi connectivity index (χ0n) is 9.98. The quantitative estimate of drug-likeness (QED) is 0.407. The van der Waals surface area contributed by atoms with E-state index in [1.54, 1.807) is 0 Å². The van der Waals surface area contributed by atoms with Crippen molar-refractivity contribution in [3.05, 3.63) is 6.33 Å². The maximum absolute atomic E-state index is 10.5. The highest BCUT2D eigenvalue weighted by atomic mass is 16.5. The molecule has 1 aliphatic rings. The van der Waals surface area contributed by atoms with E-state index in [9.17, 15) is 9.90 Å². The first kappa shape index (κ1) is 13.5. The Kier molecular flexibility index (Phi) is 4.10. The van der Waals surface area contributed by atoms with E-state index in [1.165, 1.54) is 6.33 Å². The number of aromatic nitrogens is 2.